The molecule has 0 aliphatic rings. The molecule has 0 atom stereocenters. The van der Waals surface area contributed by atoms with Crippen molar-refractivity contribution in [2.45, 2.75) is 0 Å². The molecule has 0 amide bonds. The fourth-order valence-electron chi connectivity index (χ4n) is 0. The van der Waals surface area contributed by atoms with Gasteiger partial charge in [-0.15, -0.1) is 0 Å². The summed E-state index contributed by atoms with van der Waals surface area (Å²) < 4.78 is 0. The third kappa shape index (κ3) is 33.6. The van der Waals surface area contributed by atoms with Gasteiger partial charge in [0.1, 0.15) is 0 Å². The van der Waals surface area contributed by atoms with Crippen LogP contribution in [0.1, 0.15) is 0 Å². The number of nitrogens with two attached hydrogens (primary N) is 2. The predicted octanol–water partition coefficient (Wildman–Crippen LogP) is -1.50. The second-order valence-electron chi connectivity index (χ2n) is 0. The SMILES string of the molecule is N[O-].N[O-].[Sr+2]. The molecule has 0 heterocycles. The maximum Gasteiger partial charge on any atom is 2.00 e. The largest absolute Gasteiger partial charge is 2.00 e. The van der Waals surface area contributed by atoms with Crippen LogP contribution in [-0.2, 0) is 0 Å². The topological polar surface area (TPSA) is 98.2 Å². The van der Waals surface area contributed by atoms with Crippen molar-refractivity contribution in [3.63, 3.8) is 0 Å². The van der Waals surface area contributed by atoms with E-state index in [1.165, 1.54) is 0 Å². The van der Waals surface area contributed by atoms with E-state index in [1.54, 1.807) is 0 Å². The predicted molar refractivity (Wildman–Crippen MR) is 20.9 cm³/mol. The summed E-state index contributed by atoms with van der Waals surface area (Å²) in [5, 5.41) is 15.5. The van der Waals surface area contributed by atoms with Crippen LogP contribution >= 0.6 is 0 Å². The summed E-state index contributed by atoms with van der Waals surface area (Å²) in [7, 11) is 0. The standard InChI is InChI=1S/2H2NO.Sr/c2*1-2;/h2*1H2;/q2*-1;+2. The zero-order valence-electron chi connectivity index (χ0n) is 2.68. The Morgan fingerprint density at radius 3 is 0.800 bits per heavy atom. The Labute approximate surface area is 66.9 Å². The van der Waals surface area contributed by atoms with E-state index >= 15 is 0 Å². The Bertz CT molecular complexity index is 7.61. The molecule has 4 N–H and O–H groups in total. The molecule has 0 aromatic carbocycles. The fraction of sp³-hybridized carbons (Fsp3) is 0. The zero-order valence-corrected chi connectivity index (χ0v) is 6.15. The first-order valence-electron chi connectivity index (χ1n) is 0.471. The van der Waals surface area contributed by atoms with Crippen molar-refractivity contribution >= 4 is 45.5 Å². The van der Waals surface area contributed by atoms with Crippen LogP contribution < -0.4 is 11.8 Å². The van der Waals surface area contributed by atoms with Crippen molar-refractivity contribution < 1.29 is 0 Å². The number of hydrogen-bond acceptors (Lipinski definition) is 4. The molecule has 0 radical (unpaired) electrons. The molecule has 0 bridgehead atoms. The number of hydrogen-bond donors (Lipinski definition) is 2. The van der Waals surface area contributed by atoms with Crippen molar-refractivity contribution in [2.24, 2.45) is 11.8 Å². The average Bonchev–Trinajstić information content (AvgIpc) is 1.50. The van der Waals surface area contributed by atoms with Crippen molar-refractivity contribution in [3.8, 4) is 0 Å². The second-order valence-corrected chi connectivity index (χ2v) is 0. The third-order valence-electron chi connectivity index (χ3n) is 0. The minimum absolute atomic E-state index is 0. The van der Waals surface area contributed by atoms with E-state index < -0.39 is 0 Å². The molecule has 5 heavy (non-hydrogen) atoms. The van der Waals surface area contributed by atoms with Gasteiger partial charge in [0.25, 0.3) is 0 Å². The molecule has 0 saturated heterocycles. The summed E-state index contributed by atoms with van der Waals surface area (Å²) in [4.78, 5) is 0. The normalized spacial score (nSPS) is 2.40. The molecule has 0 aromatic rings. The molecule has 0 aliphatic heterocycles. The van der Waals surface area contributed by atoms with Crippen molar-refractivity contribution in [2.75, 3.05) is 0 Å². The Hall–Kier alpha value is 1.32. The van der Waals surface area contributed by atoms with E-state index in [0.717, 1.165) is 0 Å². The third-order valence-corrected chi connectivity index (χ3v) is 0. The van der Waals surface area contributed by atoms with E-state index in [-0.39, 0.29) is 45.5 Å². The van der Waals surface area contributed by atoms with Crippen LogP contribution in [0.3, 0.4) is 0 Å². The molecule has 5 heteroatoms. The molecule has 28 valence electrons. The van der Waals surface area contributed by atoms with Gasteiger partial charge in [-0.25, -0.2) is 0 Å². The second kappa shape index (κ2) is 57.0. The molecule has 4 nitrogen and oxygen atoms in total. The van der Waals surface area contributed by atoms with E-state index in [1.807, 2.05) is 0 Å². The zero-order chi connectivity index (χ0) is 4.00. The molecule has 0 aromatic heterocycles. The Morgan fingerprint density at radius 2 is 0.800 bits per heavy atom. The van der Waals surface area contributed by atoms with Crippen molar-refractivity contribution in [1.29, 1.82) is 0 Å². The van der Waals surface area contributed by atoms with Crippen LogP contribution in [0.4, 0.5) is 0 Å². The summed E-state index contributed by atoms with van der Waals surface area (Å²) in [6, 6.07) is 0. The quantitative estimate of drug-likeness (QED) is 0.325. The molecule has 0 saturated carbocycles. The van der Waals surface area contributed by atoms with E-state index in [4.69, 9.17) is 10.4 Å². The number of rotatable bonds is 0. The van der Waals surface area contributed by atoms with Crippen LogP contribution in [0.2, 0.25) is 0 Å². The minimum atomic E-state index is 0. The summed E-state index contributed by atoms with van der Waals surface area (Å²) in [5.41, 5.74) is 0. The molecule has 0 rings (SSSR count). The van der Waals surface area contributed by atoms with Crippen LogP contribution in [0.15, 0.2) is 0 Å². The van der Waals surface area contributed by atoms with Gasteiger partial charge in [0.05, 0.1) is 0 Å². The molecular formula is H4N2O2Sr. The van der Waals surface area contributed by atoms with E-state index in [9.17, 15) is 0 Å². The molecular weight excluding hydrogens is 148 g/mol. The van der Waals surface area contributed by atoms with Gasteiger partial charge in [-0.2, -0.15) is 0 Å². The van der Waals surface area contributed by atoms with E-state index in [2.05, 4.69) is 11.8 Å². The Balaban J connectivity index is -0.0000000133. The van der Waals surface area contributed by atoms with Gasteiger partial charge in [-0.05, 0) is 0 Å². The summed E-state index contributed by atoms with van der Waals surface area (Å²) in [5.74, 6) is 6.50. The molecule has 0 unspecified atom stereocenters. The van der Waals surface area contributed by atoms with Crippen LogP contribution in [0, 0.1) is 10.4 Å². The average molecular weight is 152 g/mol. The van der Waals surface area contributed by atoms with Crippen LogP contribution in [-0.4, -0.2) is 45.5 Å². The van der Waals surface area contributed by atoms with Gasteiger partial charge in [-0.3, -0.25) is 0 Å². The first-order valence-corrected chi connectivity index (χ1v) is 0.471. The minimum Gasteiger partial charge on any atom is -0.790 e. The molecule has 0 aliphatic carbocycles. The Kier molecular flexibility index (Phi) is 185. The van der Waals surface area contributed by atoms with Gasteiger partial charge in [-0.1, -0.05) is 0 Å². The maximum absolute atomic E-state index is 7.75. The fourth-order valence-corrected chi connectivity index (χ4v) is 0. The maximum atomic E-state index is 7.75. The van der Waals surface area contributed by atoms with Crippen molar-refractivity contribution in [1.82, 2.24) is 0 Å². The van der Waals surface area contributed by atoms with Crippen LogP contribution in [0.25, 0.3) is 0 Å². The van der Waals surface area contributed by atoms with E-state index in [0.29, 0.717) is 0 Å². The first-order chi connectivity index (χ1) is 2.00. The Morgan fingerprint density at radius 1 is 0.800 bits per heavy atom. The molecule has 0 spiro atoms. The van der Waals surface area contributed by atoms with Gasteiger partial charge in [0.2, 0.25) is 0 Å². The van der Waals surface area contributed by atoms with Crippen molar-refractivity contribution in [3.05, 3.63) is 10.4 Å². The van der Waals surface area contributed by atoms with Crippen LogP contribution in [0.5, 0.6) is 0 Å². The summed E-state index contributed by atoms with van der Waals surface area (Å²) >= 11 is 0. The van der Waals surface area contributed by atoms with Gasteiger partial charge < -0.3 is 22.2 Å². The van der Waals surface area contributed by atoms with Gasteiger partial charge >= 0.3 is 45.5 Å². The summed E-state index contributed by atoms with van der Waals surface area (Å²) in [6.45, 7) is 0. The van der Waals surface area contributed by atoms with Gasteiger partial charge in [0.15, 0.2) is 0 Å². The summed E-state index contributed by atoms with van der Waals surface area (Å²) in [6.07, 6.45) is 0. The monoisotopic (exact) mass is 152 g/mol. The molecule has 0 fully saturated rings. The van der Waals surface area contributed by atoms with Gasteiger partial charge in [0, 0.05) is 0 Å². The smallest absolute Gasteiger partial charge is 0.790 e. The first kappa shape index (κ1) is 16.2.